The van der Waals surface area contributed by atoms with E-state index in [2.05, 4.69) is 0 Å². The van der Waals surface area contributed by atoms with Crippen molar-refractivity contribution in [1.29, 1.82) is 0 Å². The second kappa shape index (κ2) is 657. The van der Waals surface area contributed by atoms with Crippen molar-refractivity contribution in [3.8, 4) is 0 Å². The Hall–Kier alpha value is 109. The SMILES string of the molecule is [La].[La].[La].[La].[La].[La].[La].[La].[La].[La].[La].[La].[La].[La].[La].[La].[La].[La].[La].[La].[La].[La].[La].[La].[La].[La].[La].[La].[La].[La].[La].[La].[La].[La].[La].[La].[La].[La].[La].[La].[La].[La].[La].[La].[La].[La].[La].[La].[La].[La].[La].[La].[La].[La].[La].[La].[La].[La].[La].[La].[La].[La].[La].[La].[La].[La].[La].[La].[La].[La].[La].[La].[La].[La].[La].[La].[La].[La].[La].[La].[La].[La].[La].[La].[La].[La].[La].[La].[La].[La].[La]. The molecule has 0 aromatic carbocycles. The summed E-state index contributed by atoms with van der Waals surface area (Å²) in [7, 11) is 0. The van der Waals surface area contributed by atoms with Crippen LogP contribution in [0.4, 0.5) is 0 Å². The molecule has 0 unspecified atom stereocenters. The van der Waals surface area contributed by atoms with Gasteiger partial charge in [0.25, 0.3) is 0 Å². The van der Waals surface area contributed by atoms with Gasteiger partial charge in [-0.15, -0.1) is 0 Å². The van der Waals surface area contributed by atoms with E-state index in [4.69, 9.17) is 0 Å². The molecule has 0 saturated heterocycles. The van der Waals surface area contributed by atoms with Crippen molar-refractivity contribution >= 4 is 0 Å². The third-order valence-corrected chi connectivity index (χ3v) is 0. The number of hydrogen-bond donors (Lipinski definition) is 0. The summed E-state index contributed by atoms with van der Waals surface area (Å²) in [5.41, 5.74) is 0. The Kier molecular flexibility index (Phi) is 4820. The van der Waals surface area contributed by atoms with E-state index in [0.717, 1.165) is 0 Å². The van der Waals surface area contributed by atoms with Gasteiger partial charge >= 0.3 is 0 Å². The van der Waals surface area contributed by atoms with Gasteiger partial charge in [-0.1, -0.05) is 0 Å². The van der Waals surface area contributed by atoms with Crippen molar-refractivity contribution in [1.82, 2.24) is 0 Å². The minimum Gasteiger partial charge on any atom is 0 e. The molecule has 91 heavy (non-hydrogen) atoms. The van der Waals surface area contributed by atoms with Gasteiger partial charge in [-0.2, -0.15) is 0 Å². The van der Waals surface area contributed by atoms with Crippen molar-refractivity contribution in [2.24, 2.45) is 0 Å². The van der Waals surface area contributed by atoms with Crippen LogP contribution < -0.4 is 0 Å². The van der Waals surface area contributed by atoms with E-state index < -0.39 is 0 Å². The molecule has 0 heterocycles. The van der Waals surface area contributed by atoms with Crippen LogP contribution in [0.25, 0.3) is 0 Å². The average Bonchev–Trinajstić information content (AvgIpc) is 0. The molecule has 0 atom stereocenters. The fraction of sp³-hybridized carbons (Fsp3) is 0. The molecule has 0 bridgehead atoms. The largest absolute Gasteiger partial charge is 0 e. The quantitative estimate of drug-likeness (QED) is 0.321. The van der Waals surface area contributed by atoms with Gasteiger partial charge in [-0.25, -0.2) is 0 Å². The van der Waals surface area contributed by atoms with Crippen LogP contribution in [0.3, 0.4) is 0 Å². The first-order valence-corrected chi connectivity index (χ1v) is 0. The summed E-state index contributed by atoms with van der Waals surface area (Å²) < 4.78 is 0. The fourth-order valence-electron chi connectivity index (χ4n) is 0. The molecular weight excluding hydrogens is 12600 g/mol. The minimum absolute atomic E-state index is 0. The zero-order valence-electron chi connectivity index (χ0n) is 52.5. The maximum absolute atomic E-state index is 0. The van der Waals surface area contributed by atoms with E-state index >= 15 is 0 Å². The van der Waals surface area contributed by atoms with Crippen LogP contribution in [0.5, 0.6) is 0 Å². The smallest absolute Gasteiger partial charge is 0 e. The van der Waals surface area contributed by atoms with Crippen molar-refractivity contribution in [2.45, 2.75) is 0 Å². The molecule has 0 nitrogen and oxygen atoms in total. The topological polar surface area (TPSA) is 0 Å². The third-order valence-electron chi connectivity index (χ3n) is 0. The Morgan fingerprint density at radius 3 is 0.0110 bits per heavy atom. The Bertz CT molecular complexity index is 0. The van der Waals surface area contributed by atoms with Gasteiger partial charge in [-0.05, 0) is 0 Å². The molecule has 0 amide bonds. The molecule has 0 rings (SSSR count). The van der Waals surface area contributed by atoms with E-state index in [1.54, 1.807) is 0 Å². The molecule has 91 radical (unpaired) electrons. The summed E-state index contributed by atoms with van der Waals surface area (Å²) in [5, 5.41) is 0. The van der Waals surface area contributed by atoms with Crippen LogP contribution in [0, 0.1) is 3240 Å². The van der Waals surface area contributed by atoms with Crippen LogP contribution in [0.2, 0.25) is 0 Å². The molecule has 273 valence electrons. The van der Waals surface area contributed by atoms with Gasteiger partial charge < -0.3 is 0 Å². The second-order valence-corrected chi connectivity index (χ2v) is 0. The molecule has 0 aliphatic heterocycles. The van der Waals surface area contributed by atoms with E-state index in [-0.39, 0.29) is 3240 Å². The molecule has 0 spiro atoms. The van der Waals surface area contributed by atoms with Gasteiger partial charge in [-0.3, -0.25) is 0 Å². The standard InChI is InChI=1S/91La. The zero-order chi connectivity index (χ0) is 0. The van der Waals surface area contributed by atoms with Crippen molar-refractivity contribution in [3.63, 3.8) is 0 Å². The molecule has 0 fully saturated rings. The van der Waals surface area contributed by atoms with Crippen LogP contribution in [0.1, 0.15) is 0 Å². The molecular formula is La91. The Labute approximate surface area is 3100 Å². The Morgan fingerprint density at radius 1 is 0.0110 bits per heavy atom. The predicted octanol–water partition coefficient (Wildman–Crippen LogP) is 0. The van der Waals surface area contributed by atoms with E-state index in [1.807, 2.05) is 0 Å². The monoisotopic (exact) mass is 12600 g/mol. The molecule has 91 heteroatoms. The molecule has 0 aliphatic carbocycles. The number of rotatable bonds is 0. The molecule has 0 aromatic rings. The summed E-state index contributed by atoms with van der Waals surface area (Å²) in [6, 6.07) is 0. The normalized spacial score (nSPS) is 0. The zero-order valence-corrected chi connectivity index (χ0v) is 382. The fourth-order valence-corrected chi connectivity index (χ4v) is 0. The van der Waals surface area contributed by atoms with Gasteiger partial charge in [0.1, 0.15) is 0 Å². The van der Waals surface area contributed by atoms with Crippen molar-refractivity contribution in [2.75, 3.05) is 0 Å². The van der Waals surface area contributed by atoms with E-state index in [0.29, 0.717) is 0 Å². The maximum atomic E-state index is 0. The number of hydrogen-bond acceptors (Lipinski definition) is 0. The molecule has 0 aromatic heterocycles. The Balaban J connectivity index is 0. The van der Waals surface area contributed by atoms with Crippen LogP contribution in [0.15, 0.2) is 0 Å². The van der Waals surface area contributed by atoms with Gasteiger partial charge in [0.2, 0.25) is 0 Å². The van der Waals surface area contributed by atoms with E-state index in [9.17, 15) is 0 Å². The van der Waals surface area contributed by atoms with Crippen LogP contribution >= 0.6 is 0 Å². The first-order chi connectivity index (χ1) is 0. The van der Waals surface area contributed by atoms with Crippen LogP contribution in [-0.2, 0) is 0 Å². The summed E-state index contributed by atoms with van der Waals surface area (Å²) in [4.78, 5) is 0. The summed E-state index contributed by atoms with van der Waals surface area (Å²) in [6.07, 6.45) is 0. The maximum Gasteiger partial charge on any atom is 0 e. The van der Waals surface area contributed by atoms with Gasteiger partial charge in [0, 0.05) is 3240 Å². The first kappa shape index (κ1) is 667. The summed E-state index contributed by atoms with van der Waals surface area (Å²) in [6.45, 7) is 0. The van der Waals surface area contributed by atoms with Crippen molar-refractivity contribution < 1.29 is 3240 Å². The summed E-state index contributed by atoms with van der Waals surface area (Å²) >= 11 is 0. The van der Waals surface area contributed by atoms with Gasteiger partial charge in [0.05, 0.1) is 0 Å². The second-order valence-electron chi connectivity index (χ2n) is 0. The summed E-state index contributed by atoms with van der Waals surface area (Å²) in [5.74, 6) is 0. The van der Waals surface area contributed by atoms with E-state index in [1.165, 1.54) is 0 Å². The third kappa shape index (κ3) is 651. The average molecular weight is 12600 g/mol. The first-order valence-electron chi connectivity index (χ1n) is 0. The molecule has 0 N–H and O–H groups in total. The molecule has 0 saturated carbocycles. The van der Waals surface area contributed by atoms with Crippen LogP contribution in [-0.4, -0.2) is 0 Å². The molecule has 0 aliphatic rings. The van der Waals surface area contributed by atoms with Gasteiger partial charge in [0.15, 0.2) is 0 Å². The van der Waals surface area contributed by atoms with Crippen molar-refractivity contribution in [3.05, 3.63) is 0 Å². The Morgan fingerprint density at radius 2 is 0.0110 bits per heavy atom. The predicted molar refractivity (Wildman–Crippen MR) is 0 cm³/mol. The minimum atomic E-state index is 0.